The van der Waals surface area contributed by atoms with Gasteiger partial charge in [0.15, 0.2) is 0 Å². The molecule has 27 heavy (non-hydrogen) atoms. The van der Waals surface area contributed by atoms with Crippen LogP contribution >= 0.6 is 0 Å². The number of rotatable bonds is 3. The molecule has 0 bridgehead atoms. The summed E-state index contributed by atoms with van der Waals surface area (Å²) in [6, 6.07) is 14.7. The molecular formula is C21H16F2N2O2. The fraction of sp³-hybridized carbons (Fsp3) is 0.143. The quantitative estimate of drug-likeness (QED) is 0.754. The highest BCUT2D eigenvalue weighted by atomic mass is 19.1. The van der Waals surface area contributed by atoms with Gasteiger partial charge < -0.3 is 10.0 Å². The third-order valence-corrected chi connectivity index (χ3v) is 4.80. The Hall–Kier alpha value is -3.28. The van der Waals surface area contributed by atoms with Crippen molar-refractivity contribution >= 4 is 11.7 Å². The van der Waals surface area contributed by atoms with Crippen LogP contribution in [-0.4, -0.2) is 22.6 Å². The minimum atomic E-state index is -1.08. The molecule has 3 aromatic rings. The zero-order valence-corrected chi connectivity index (χ0v) is 14.3. The standard InChI is InChI=1S/C21H16F2N2O2/c22-15-6-16(23)8-17(7-15)25-11-14-10-24-20(21(26)27)9-18(14)19(12-25)13-4-2-1-3-5-13/h1-10,19H,11-12H2,(H,26,27). The van der Waals surface area contributed by atoms with Gasteiger partial charge in [-0.2, -0.15) is 0 Å². The molecule has 6 heteroatoms. The largest absolute Gasteiger partial charge is 0.477 e. The van der Waals surface area contributed by atoms with Crippen molar-refractivity contribution in [1.29, 1.82) is 0 Å². The number of carbonyl (C=O) groups is 1. The molecule has 2 aromatic carbocycles. The predicted octanol–water partition coefficient (Wildman–Crippen LogP) is 4.21. The number of pyridine rings is 1. The van der Waals surface area contributed by atoms with Crippen LogP contribution in [0.25, 0.3) is 0 Å². The molecule has 4 nitrogen and oxygen atoms in total. The molecule has 4 rings (SSSR count). The number of halogens is 2. The first kappa shape index (κ1) is 17.1. The number of hydrogen-bond donors (Lipinski definition) is 1. The normalized spacial score (nSPS) is 16.1. The summed E-state index contributed by atoms with van der Waals surface area (Å²) >= 11 is 0. The molecule has 0 saturated carbocycles. The zero-order valence-electron chi connectivity index (χ0n) is 14.3. The number of fused-ring (bicyclic) bond motifs is 1. The molecule has 2 heterocycles. The van der Waals surface area contributed by atoms with Crippen molar-refractivity contribution in [3.63, 3.8) is 0 Å². The van der Waals surface area contributed by atoms with Crippen molar-refractivity contribution < 1.29 is 18.7 Å². The predicted molar refractivity (Wildman–Crippen MR) is 96.9 cm³/mol. The Labute approximate surface area is 154 Å². The number of carboxylic acids is 1. The average Bonchev–Trinajstić information content (AvgIpc) is 2.66. The maximum Gasteiger partial charge on any atom is 0.354 e. The first-order chi connectivity index (χ1) is 13.0. The Kier molecular flexibility index (Phi) is 4.32. The highest BCUT2D eigenvalue weighted by Gasteiger charge is 2.28. The molecule has 0 radical (unpaired) electrons. The van der Waals surface area contributed by atoms with E-state index >= 15 is 0 Å². The van der Waals surface area contributed by atoms with Gasteiger partial charge in [-0.15, -0.1) is 0 Å². The molecule has 1 aromatic heterocycles. The van der Waals surface area contributed by atoms with Gasteiger partial charge in [0.2, 0.25) is 0 Å². The number of carboxylic acid groups (broad SMARTS) is 1. The van der Waals surface area contributed by atoms with E-state index in [4.69, 9.17) is 0 Å². The van der Waals surface area contributed by atoms with Gasteiger partial charge in [0.05, 0.1) is 0 Å². The Morgan fingerprint density at radius 1 is 1.07 bits per heavy atom. The van der Waals surface area contributed by atoms with Gasteiger partial charge >= 0.3 is 5.97 Å². The lowest BCUT2D eigenvalue weighted by molar-refractivity contribution is 0.0690. The van der Waals surface area contributed by atoms with Crippen LogP contribution in [0.4, 0.5) is 14.5 Å². The minimum Gasteiger partial charge on any atom is -0.477 e. The fourth-order valence-corrected chi connectivity index (χ4v) is 3.55. The van der Waals surface area contributed by atoms with Crippen molar-refractivity contribution in [3.05, 3.63) is 94.8 Å². The lowest BCUT2D eigenvalue weighted by atomic mass is 9.85. The molecule has 1 aliphatic heterocycles. The van der Waals surface area contributed by atoms with E-state index in [0.717, 1.165) is 22.8 Å². The van der Waals surface area contributed by atoms with E-state index in [2.05, 4.69) is 4.98 Å². The van der Waals surface area contributed by atoms with Crippen LogP contribution < -0.4 is 4.90 Å². The van der Waals surface area contributed by atoms with Gasteiger partial charge in [-0.05, 0) is 34.9 Å². The molecule has 0 aliphatic carbocycles. The van der Waals surface area contributed by atoms with Crippen molar-refractivity contribution in [2.75, 3.05) is 11.4 Å². The fourth-order valence-electron chi connectivity index (χ4n) is 3.55. The number of anilines is 1. The molecule has 1 N–H and O–H groups in total. The maximum absolute atomic E-state index is 13.7. The Bertz CT molecular complexity index is 988. The van der Waals surface area contributed by atoms with Crippen molar-refractivity contribution in [3.8, 4) is 0 Å². The second-order valence-electron chi connectivity index (χ2n) is 6.54. The number of nitrogens with zero attached hydrogens (tertiary/aromatic N) is 2. The van der Waals surface area contributed by atoms with Crippen LogP contribution in [0.5, 0.6) is 0 Å². The number of aromatic carboxylic acids is 1. The zero-order chi connectivity index (χ0) is 19.0. The van der Waals surface area contributed by atoms with Gasteiger partial charge in [-0.25, -0.2) is 18.6 Å². The van der Waals surface area contributed by atoms with Gasteiger partial charge in [-0.1, -0.05) is 30.3 Å². The summed E-state index contributed by atoms with van der Waals surface area (Å²) in [5.74, 6) is -2.49. The Morgan fingerprint density at radius 3 is 2.44 bits per heavy atom. The van der Waals surface area contributed by atoms with E-state index < -0.39 is 17.6 Å². The van der Waals surface area contributed by atoms with Gasteiger partial charge in [-0.3, -0.25) is 0 Å². The molecule has 0 amide bonds. The van der Waals surface area contributed by atoms with Crippen molar-refractivity contribution in [1.82, 2.24) is 4.98 Å². The van der Waals surface area contributed by atoms with Crippen molar-refractivity contribution in [2.24, 2.45) is 0 Å². The highest BCUT2D eigenvalue weighted by Crippen LogP contribution is 2.36. The Morgan fingerprint density at radius 2 is 1.78 bits per heavy atom. The van der Waals surface area contributed by atoms with Crippen molar-refractivity contribution in [2.45, 2.75) is 12.5 Å². The van der Waals surface area contributed by atoms with E-state index in [1.165, 1.54) is 18.3 Å². The van der Waals surface area contributed by atoms with E-state index in [9.17, 15) is 18.7 Å². The lowest BCUT2D eigenvalue weighted by Gasteiger charge is -2.36. The molecule has 1 unspecified atom stereocenters. The number of hydrogen-bond acceptors (Lipinski definition) is 3. The third kappa shape index (κ3) is 3.38. The summed E-state index contributed by atoms with van der Waals surface area (Å²) in [5.41, 5.74) is 3.15. The number of benzene rings is 2. The second kappa shape index (κ2) is 6.79. The van der Waals surface area contributed by atoms with Crippen LogP contribution in [-0.2, 0) is 6.54 Å². The summed E-state index contributed by atoms with van der Waals surface area (Å²) in [6.07, 6.45) is 1.54. The molecule has 0 saturated heterocycles. The third-order valence-electron chi connectivity index (χ3n) is 4.80. The van der Waals surface area contributed by atoms with Crippen LogP contribution in [0.2, 0.25) is 0 Å². The maximum atomic E-state index is 13.7. The topological polar surface area (TPSA) is 53.4 Å². The lowest BCUT2D eigenvalue weighted by Crippen LogP contribution is -2.34. The first-order valence-electron chi connectivity index (χ1n) is 8.49. The SMILES string of the molecule is O=C(O)c1cc2c(cn1)CN(c1cc(F)cc(F)c1)CC2c1ccccc1. The van der Waals surface area contributed by atoms with Crippen LogP contribution in [0, 0.1) is 11.6 Å². The van der Waals surface area contributed by atoms with E-state index in [1.807, 2.05) is 35.2 Å². The molecular weight excluding hydrogens is 350 g/mol. The summed E-state index contributed by atoms with van der Waals surface area (Å²) in [4.78, 5) is 17.2. The van der Waals surface area contributed by atoms with Gasteiger partial charge in [0.1, 0.15) is 17.3 Å². The smallest absolute Gasteiger partial charge is 0.354 e. The van der Waals surface area contributed by atoms with Gasteiger partial charge in [0.25, 0.3) is 0 Å². The van der Waals surface area contributed by atoms with E-state index in [-0.39, 0.29) is 11.6 Å². The molecule has 0 fully saturated rings. The molecule has 136 valence electrons. The second-order valence-corrected chi connectivity index (χ2v) is 6.54. The van der Waals surface area contributed by atoms with Crippen LogP contribution in [0.1, 0.15) is 33.1 Å². The first-order valence-corrected chi connectivity index (χ1v) is 8.49. The summed E-state index contributed by atoms with van der Waals surface area (Å²) < 4.78 is 27.4. The monoisotopic (exact) mass is 366 g/mol. The average molecular weight is 366 g/mol. The molecule has 0 spiro atoms. The minimum absolute atomic E-state index is 0.0140. The van der Waals surface area contributed by atoms with Crippen LogP contribution in [0.15, 0.2) is 60.8 Å². The Balaban J connectivity index is 1.81. The van der Waals surface area contributed by atoms with Gasteiger partial charge in [0, 0.05) is 37.0 Å². The molecule has 1 aliphatic rings. The number of aromatic nitrogens is 1. The summed E-state index contributed by atoms with van der Waals surface area (Å²) in [7, 11) is 0. The molecule has 1 atom stereocenters. The summed E-state index contributed by atoms with van der Waals surface area (Å²) in [5, 5.41) is 9.28. The van der Waals surface area contributed by atoms with Crippen LogP contribution in [0.3, 0.4) is 0 Å². The highest BCUT2D eigenvalue weighted by molar-refractivity contribution is 5.85. The summed E-state index contributed by atoms with van der Waals surface area (Å²) in [6.45, 7) is 0.872. The van der Waals surface area contributed by atoms with E-state index in [1.54, 1.807) is 6.07 Å². The van der Waals surface area contributed by atoms with E-state index in [0.29, 0.717) is 18.8 Å².